The van der Waals surface area contributed by atoms with Crippen LogP contribution in [-0.2, 0) is 11.2 Å². The van der Waals surface area contributed by atoms with Gasteiger partial charge in [-0.05, 0) is 37.1 Å². The van der Waals surface area contributed by atoms with Crippen molar-refractivity contribution in [3.63, 3.8) is 0 Å². The van der Waals surface area contributed by atoms with Gasteiger partial charge in [0.05, 0.1) is 0 Å². The van der Waals surface area contributed by atoms with Gasteiger partial charge in [-0.15, -0.1) is 0 Å². The van der Waals surface area contributed by atoms with Crippen LogP contribution in [0.3, 0.4) is 0 Å². The molecule has 0 spiro atoms. The first-order valence-electron chi connectivity index (χ1n) is 7.73. The minimum absolute atomic E-state index is 0.0386. The largest absolute Gasteiger partial charge is 0.484 e. The van der Waals surface area contributed by atoms with Crippen molar-refractivity contribution < 1.29 is 9.53 Å². The zero-order chi connectivity index (χ0) is 16.1. The molecular formula is C19H20N2O2. The van der Waals surface area contributed by atoms with Crippen molar-refractivity contribution in [3.05, 3.63) is 65.9 Å². The van der Waals surface area contributed by atoms with Crippen LogP contribution in [0.5, 0.6) is 5.75 Å². The second-order valence-electron chi connectivity index (χ2n) is 5.56. The highest BCUT2D eigenvalue weighted by atomic mass is 16.5. The first kappa shape index (κ1) is 15.2. The number of hydrogen-bond donors (Lipinski definition) is 2. The van der Waals surface area contributed by atoms with Crippen LogP contribution in [0.1, 0.15) is 11.1 Å². The highest BCUT2D eigenvalue weighted by molar-refractivity contribution is 5.83. The third-order valence-electron chi connectivity index (χ3n) is 3.78. The first-order valence-corrected chi connectivity index (χ1v) is 7.73. The monoisotopic (exact) mass is 308 g/mol. The second-order valence-corrected chi connectivity index (χ2v) is 5.56. The van der Waals surface area contributed by atoms with E-state index in [9.17, 15) is 4.79 Å². The number of aromatic nitrogens is 1. The van der Waals surface area contributed by atoms with Crippen LogP contribution in [0.15, 0.2) is 54.7 Å². The lowest BCUT2D eigenvalue weighted by Gasteiger charge is -2.07. The van der Waals surface area contributed by atoms with Gasteiger partial charge in [-0.25, -0.2) is 0 Å². The fraction of sp³-hybridized carbons (Fsp3) is 0.211. The van der Waals surface area contributed by atoms with Crippen LogP contribution in [0.4, 0.5) is 0 Å². The average molecular weight is 308 g/mol. The van der Waals surface area contributed by atoms with E-state index in [-0.39, 0.29) is 12.5 Å². The lowest BCUT2D eigenvalue weighted by Crippen LogP contribution is -2.30. The zero-order valence-electron chi connectivity index (χ0n) is 13.1. The molecule has 2 aromatic carbocycles. The van der Waals surface area contributed by atoms with E-state index in [4.69, 9.17) is 4.74 Å². The van der Waals surface area contributed by atoms with Gasteiger partial charge in [0, 0.05) is 23.6 Å². The SMILES string of the molecule is Cc1ccc(OCC(=O)NCCc2c[nH]c3ccccc23)cc1. The van der Waals surface area contributed by atoms with Gasteiger partial charge in [0.25, 0.3) is 5.91 Å². The average Bonchev–Trinajstić information content (AvgIpc) is 2.98. The highest BCUT2D eigenvalue weighted by Gasteiger charge is 2.05. The number of fused-ring (bicyclic) bond motifs is 1. The molecule has 0 atom stereocenters. The van der Waals surface area contributed by atoms with E-state index >= 15 is 0 Å². The summed E-state index contributed by atoms with van der Waals surface area (Å²) in [4.78, 5) is 15.1. The van der Waals surface area contributed by atoms with E-state index in [0.29, 0.717) is 12.3 Å². The molecule has 0 aliphatic rings. The van der Waals surface area contributed by atoms with Gasteiger partial charge in [-0.3, -0.25) is 4.79 Å². The number of aryl methyl sites for hydroxylation is 1. The predicted molar refractivity (Wildman–Crippen MR) is 91.7 cm³/mol. The van der Waals surface area contributed by atoms with E-state index in [2.05, 4.69) is 16.4 Å². The minimum Gasteiger partial charge on any atom is -0.484 e. The van der Waals surface area contributed by atoms with Crippen LogP contribution >= 0.6 is 0 Å². The Labute approximate surface area is 135 Å². The maximum atomic E-state index is 11.8. The molecule has 0 fully saturated rings. The molecule has 4 nitrogen and oxygen atoms in total. The van der Waals surface area contributed by atoms with Crippen molar-refractivity contribution in [2.24, 2.45) is 0 Å². The smallest absolute Gasteiger partial charge is 0.257 e. The van der Waals surface area contributed by atoms with Crippen molar-refractivity contribution in [3.8, 4) is 5.75 Å². The fourth-order valence-electron chi connectivity index (χ4n) is 2.51. The molecule has 23 heavy (non-hydrogen) atoms. The quantitative estimate of drug-likeness (QED) is 0.734. The van der Waals surface area contributed by atoms with E-state index < -0.39 is 0 Å². The number of carbonyl (C=O) groups is 1. The molecule has 3 aromatic rings. The van der Waals surface area contributed by atoms with Crippen molar-refractivity contribution in [2.75, 3.05) is 13.2 Å². The molecule has 1 amide bonds. The van der Waals surface area contributed by atoms with Crippen LogP contribution in [0, 0.1) is 6.92 Å². The Hall–Kier alpha value is -2.75. The Kier molecular flexibility index (Phi) is 4.62. The second kappa shape index (κ2) is 7.01. The van der Waals surface area contributed by atoms with Crippen LogP contribution in [0.25, 0.3) is 10.9 Å². The number of aromatic amines is 1. The van der Waals surface area contributed by atoms with Gasteiger partial charge in [0.2, 0.25) is 0 Å². The molecule has 0 aliphatic carbocycles. The lowest BCUT2D eigenvalue weighted by molar-refractivity contribution is -0.123. The van der Waals surface area contributed by atoms with Gasteiger partial charge in [0.15, 0.2) is 6.61 Å². The summed E-state index contributed by atoms with van der Waals surface area (Å²) in [5.74, 6) is 0.604. The molecule has 1 aromatic heterocycles. The maximum Gasteiger partial charge on any atom is 0.257 e. The van der Waals surface area contributed by atoms with Crippen molar-refractivity contribution in [2.45, 2.75) is 13.3 Å². The Morgan fingerprint density at radius 1 is 1.13 bits per heavy atom. The van der Waals surface area contributed by atoms with E-state index in [1.807, 2.05) is 55.6 Å². The maximum absolute atomic E-state index is 11.8. The van der Waals surface area contributed by atoms with Crippen LogP contribution in [0.2, 0.25) is 0 Å². The third-order valence-corrected chi connectivity index (χ3v) is 3.78. The Morgan fingerprint density at radius 3 is 2.74 bits per heavy atom. The van der Waals surface area contributed by atoms with Crippen LogP contribution in [-0.4, -0.2) is 24.0 Å². The van der Waals surface area contributed by atoms with Gasteiger partial charge in [-0.2, -0.15) is 0 Å². The number of ether oxygens (including phenoxy) is 1. The molecular weight excluding hydrogens is 288 g/mol. The molecule has 3 rings (SSSR count). The van der Waals surface area contributed by atoms with Crippen molar-refractivity contribution >= 4 is 16.8 Å². The zero-order valence-corrected chi connectivity index (χ0v) is 13.1. The number of benzene rings is 2. The van der Waals surface area contributed by atoms with Gasteiger partial charge >= 0.3 is 0 Å². The summed E-state index contributed by atoms with van der Waals surface area (Å²) in [5, 5.41) is 4.10. The normalized spacial score (nSPS) is 10.7. The molecule has 0 bridgehead atoms. The molecule has 0 saturated carbocycles. The van der Waals surface area contributed by atoms with Crippen molar-refractivity contribution in [1.82, 2.24) is 10.3 Å². The molecule has 2 N–H and O–H groups in total. The molecule has 4 heteroatoms. The standard InChI is InChI=1S/C19H20N2O2/c1-14-6-8-16(9-7-14)23-13-19(22)20-11-10-15-12-21-18-5-3-2-4-17(15)18/h2-9,12,21H,10-11,13H2,1H3,(H,20,22). The molecule has 1 heterocycles. The molecule has 0 radical (unpaired) electrons. The lowest BCUT2D eigenvalue weighted by atomic mass is 10.1. The minimum atomic E-state index is -0.106. The Bertz CT molecular complexity index is 790. The number of rotatable bonds is 6. The van der Waals surface area contributed by atoms with Gasteiger partial charge in [0.1, 0.15) is 5.75 Å². The third kappa shape index (κ3) is 3.92. The van der Waals surface area contributed by atoms with E-state index in [0.717, 1.165) is 11.9 Å². The number of para-hydroxylation sites is 1. The van der Waals surface area contributed by atoms with Gasteiger partial charge < -0.3 is 15.0 Å². The summed E-state index contributed by atoms with van der Waals surface area (Å²) in [5.41, 5.74) is 3.50. The summed E-state index contributed by atoms with van der Waals surface area (Å²) in [7, 11) is 0. The van der Waals surface area contributed by atoms with Gasteiger partial charge in [-0.1, -0.05) is 35.9 Å². The summed E-state index contributed by atoms with van der Waals surface area (Å²) in [6.07, 6.45) is 2.79. The fourth-order valence-corrected chi connectivity index (χ4v) is 2.51. The Morgan fingerprint density at radius 2 is 1.91 bits per heavy atom. The number of carbonyl (C=O) groups excluding carboxylic acids is 1. The summed E-state index contributed by atoms with van der Waals surface area (Å²) < 4.78 is 5.46. The van der Waals surface area contributed by atoms with Crippen LogP contribution < -0.4 is 10.1 Å². The number of nitrogens with one attached hydrogen (secondary N) is 2. The summed E-state index contributed by atoms with van der Waals surface area (Å²) >= 11 is 0. The summed E-state index contributed by atoms with van der Waals surface area (Å²) in [6, 6.07) is 15.8. The first-order chi connectivity index (χ1) is 11.2. The molecule has 0 aliphatic heterocycles. The Balaban J connectivity index is 1.45. The predicted octanol–water partition coefficient (Wildman–Crippen LogP) is 3.21. The molecule has 0 saturated heterocycles. The summed E-state index contributed by atoms with van der Waals surface area (Å²) in [6.45, 7) is 2.65. The van der Waals surface area contributed by atoms with E-state index in [1.165, 1.54) is 16.5 Å². The number of H-pyrrole nitrogens is 1. The molecule has 0 unspecified atom stereocenters. The number of amides is 1. The van der Waals surface area contributed by atoms with Crippen molar-refractivity contribution in [1.29, 1.82) is 0 Å². The molecule has 118 valence electrons. The number of hydrogen-bond acceptors (Lipinski definition) is 2. The topological polar surface area (TPSA) is 54.1 Å². The highest BCUT2D eigenvalue weighted by Crippen LogP contribution is 2.17. The van der Waals surface area contributed by atoms with E-state index in [1.54, 1.807) is 0 Å².